The van der Waals surface area contributed by atoms with E-state index >= 15 is 0 Å². The van der Waals surface area contributed by atoms with Crippen LogP contribution in [0.1, 0.15) is 13.8 Å². The summed E-state index contributed by atoms with van der Waals surface area (Å²) in [6, 6.07) is 2.88. The largest absolute Gasteiger partial charge is 0.493 e. The maximum absolute atomic E-state index is 14.3. The van der Waals surface area contributed by atoms with Gasteiger partial charge in [0.25, 0.3) is 0 Å². The monoisotopic (exact) mass is 279 g/mol. The van der Waals surface area contributed by atoms with Gasteiger partial charge in [-0.1, -0.05) is 0 Å². The summed E-state index contributed by atoms with van der Waals surface area (Å²) in [7, 11) is 3.21. The van der Waals surface area contributed by atoms with E-state index in [0.29, 0.717) is 28.4 Å². The molecule has 0 atom stereocenters. The normalized spacial score (nSPS) is 10.9. The minimum atomic E-state index is -0.429. The van der Waals surface area contributed by atoms with Gasteiger partial charge in [0, 0.05) is 24.2 Å². The first-order chi connectivity index (χ1) is 9.43. The second kappa shape index (κ2) is 5.40. The van der Waals surface area contributed by atoms with E-state index in [2.05, 4.69) is 5.10 Å². The van der Waals surface area contributed by atoms with Gasteiger partial charge in [0.1, 0.15) is 11.6 Å². The fraction of sp³-hybridized carbons (Fsp3) is 0.357. The lowest BCUT2D eigenvalue weighted by Gasteiger charge is -2.15. The molecule has 0 unspecified atom stereocenters. The molecule has 0 bridgehead atoms. The van der Waals surface area contributed by atoms with Crippen LogP contribution in [0.3, 0.4) is 0 Å². The van der Waals surface area contributed by atoms with Gasteiger partial charge >= 0.3 is 0 Å². The molecule has 0 aliphatic heterocycles. The first-order valence-corrected chi connectivity index (χ1v) is 6.26. The lowest BCUT2D eigenvalue weighted by atomic mass is 10.1. The fourth-order valence-corrected chi connectivity index (χ4v) is 1.90. The number of hydrogen-bond donors (Lipinski definition) is 1. The Morgan fingerprint density at radius 2 is 1.95 bits per heavy atom. The van der Waals surface area contributed by atoms with Crippen LogP contribution in [0.4, 0.5) is 10.2 Å². The van der Waals surface area contributed by atoms with Gasteiger partial charge in [-0.15, -0.1) is 0 Å². The van der Waals surface area contributed by atoms with E-state index in [9.17, 15) is 4.39 Å². The van der Waals surface area contributed by atoms with Crippen molar-refractivity contribution in [3.63, 3.8) is 0 Å². The van der Waals surface area contributed by atoms with Crippen LogP contribution in [0.2, 0.25) is 0 Å². The van der Waals surface area contributed by atoms with Crippen molar-refractivity contribution in [3.05, 3.63) is 24.1 Å². The number of rotatable bonds is 4. The number of nitrogens with two attached hydrogens (primary N) is 1. The molecule has 0 spiro atoms. The standard InChI is InChI=1S/C14H18FN3O2/c1-8(2)20-13-6-11(15)9(5-12(13)19-4)10-7-17-18(3)14(10)16/h5-8H,16H2,1-4H3. The second-order valence-electron chi connectivity index (χ2n) is 4.72. The minimum Gasteiger partial charge on any atom is -0.493 e. The van der Waals surface area contributed by atoms with Gasteiger partial charge in [0.15, 0.2) is 11.5 Å². The zero-order valence-corrected chi connectivity index (χ0v) is 12.0. The Hall–Kier alpha value is -2.24. The number of methoxy groups -OCH3 is 1. The summed E-state index contributed by atoms with van der Waals surface area (Å²) in [5, 5.41) is 4.01. The lowest BCUT2D eigenvalue weighted by molar-refractivity contribution is 0.229. The van der Waals surface area contributed by atoms with Crippen LogP contribution >= 0.6 is 0 Å². The van der Waals surface area contributed by atoms with Crippen LogP contribution in [0.15, 0.2) is 18.3 Å². The predicted octanol–water partition coefficient (Wildman–Crippen LogP) is 2.60. The van der Waals surface area contributed by atoms with Crippen molar-refractivity contribution in [2.24, 2.45) is 7.05 Å². The molecule has 0 saturated heterocycles. The predicted molar refractivity (Wildman–Crippen MR) is 75.3 cm³/mol. The van der Waals surface area contributed by atoms with Crippen molar-refractivity contribution < 1.29 is 13.9 Å². The van der Waals surface area contributed by atoms with E-state index in [0.717, 1.165) is 0 Å². The van der Waals surface area contributed by atoms with E-state index in [-0.39, 0.29) is 6.10 Å². The lowest BCUT2D eigenvalue weighted by Crippen LogP contribution is -2.07. The fourth-order valence-electron chi connectivity index (χ4n) is 1.90. The van der Waals surface area contributed by atoms with Crippen LogP contribution in [0, 0.1) is 5.82 Å². The number of hydrogen-bond acceptors (Lipinski definition) is 4. The van der Waals surface area contributed by atoms with E-state index in [1.165, 1.54) is 24.1 Å². The van der Waals surface area contributed by atoms with E-state index in [4.69, 9.17) is 15.2 Å². The summed E-state index contributed by atoms with van der Waals surface area (Å²) in [5.74, 6) is 0.786. The van der Waals surface area contributed by atoms with Crippen LogP contribution in [0.5, 0.6) is 11.5 Å². The third-order valence-corrected chi connectivity index (χ3v) is 2.89. The number of aryl methyl sites for hydroxylation is 1. The molecule has 1 heterocycles. The van der Waals surface area contributed by atoms with E-state index < -0.39 is 5.82 Å². The topological polar surface area (TPSA) is 62.3 Å². The van der Waals surface area contributed by atoms with Gasteiger partial charge in [0.05, 0.1) is 19.4 Å². The maximum atomic E-state index is 14.3. The van der Waals surface area contributed by atoms with Crippen LogP contribution in [-0.4, -0.2) is 23.0 Å². The number of halogens is 1. The average molecular weight is 279 g/mol. The van der Waals surface area contributed by atoms with Crippen molar-refractivity contribution in [3.8, 4) is 22.6 Å². The molecule has 2 N–H and O–H groups in total. The van der Waals surface area contributed by atoms with Crippen molar-refractivity contribution in [2.75, 3.05) is 12.8 Å². The smallest absolute Gasteiger partial charge is 0.164 e. The van der Waals surface area contributed by atoms with Crippen molar-refractivity contribution in [2.45, 2.75) is 20.0 Å². The van der Waals surface area contributed by atoms with Crippen molar-refractivity contribution in [1.29, 1.82) is 0 Å². The number of benzene rings is 1. The molecule has 108 valence electrons. The Morgan fingerprint density at radius 1 is 1.25 bits per heavy atom. The molecule has 0 aliphatic carbocycles. The summed E-state index contributed by atoms with van der Waals surface area (Å²) >= 11 is 0. The van der Waals surface area contributed by atoms with Gasteiger partial charge in [-0.3, -0.25) is 4.68 Å². The van der Waals surface area contributed by atoms with Crippen LogP contribution in [0.25, 0.3) is 11.1 Å². The Balaban J connectivity index is 2.53. The molecule has 2 rings (SSSR count). The highest BCUT2D eigenvalue weighted by Gasteiger charge is 2.17. The van der Waals surface area contributed by atoms with Gasteiger partial charge in [-0.2, -0.15) is 5.10 Å². The molecule has 6 heteroatoms. The van der Waals surface area contributed by atoms with E-state index in [1.807, 2.05) is 13.8 Å². The molecule has 0 aliphatic rings. The molecule has 20 heavy (non-hydrogen) atoms. The Bertz CT molecular complexity index is 623. The second-order valence-corrected chi connectivity index (χ2v) is 4.72. The highest BCUT2D eigenvalue weighted by molar-refractivity contribution is 5.76. The minimum absolute atomic E-state index is 0.0717. The third kappa shape index (κ3) is 2.54. The average Bonchev–Trinajstić information content (AvgIpc) is 2.70. The Morgan fingerprint density at radius 3 is 2.45 bits per heavy atom. The first kappa shape index (κ1) is 14.2. The number of aromatic nitrogens is 2. The molecule has 0 saturated carbocycles. The molecular weight excluding hydrogens is 261 g/mol. The first-order valence-electron chi connectivity index (χ1n) is 6.26. The van der Waals surface area contributed by atoms with Crippen molar-refractivity contribution >= 4 is 5.82 Å². The zero-order chi connectivity index (χ0) is 14.9. The quantitative estimate of drug-likeness (QED) is 0.934. The van der Waals surface area contributed by atoms with E-state index in [1.54, 1.807) is 13.1 Å². The molecule has 1 aromatic carbocycles. The summed E-state index contributed by atoms with van der Waals surface area (Å²) in [6.45, 7) is 3.73. The van der Waals surface area contributed by atoms with Gasteiger partial charge in [-0.05, 0) is 19.9 Å². The number of nitrogen functional groups attached to an aromatic ring is 1. The Kier molecular flexibility index (Phi) is 3.83. The molecular formula is C14H18FN3O2. The highest BCUT2D eigenvalue weighted by atomic mass is 19.1. The molecule has 2 aromatic rings. The summed E-state index contributed by atoms with van der Waals surface area (Å²) in [4.78, 5) is 0. The van der Waals surface area contributed by atoms with Crippen LogP contribution in [-0.2, 0) is 7.05 Å². The summed E-state index contributed by atoms with van der Waals surface area (Å²) in [5.41, 5.74) is 6.74. The van der Waals surface area contributed by atoms with Crippen LogP contribution < -0.4 is 15.2 Å². The molecule has 1 aromatic heterocycles. The summed E-state index contributed by atoms with van der Waals surface area (Å²) < 4.78 is 26.5. The maximum Gasteiger partial charge on any atom is 0.164 e. The zero-order valence-electron chi connectivity index (χ0n) is 12.0. The number of anilines is 1. The van der Waals surface area contributed by atoms with Gasteiger partial charge in [0.2, 0.25) is 0 Å². The van der Waals surface area contributed by atoms with Gasteiger partial charge < -0.3 is 15.2 Å². The van der Waals surface area contributed by atoms with Gasteiger partial charge in [-0.25, -0.2) is 4.39 Å². The molecule has 5 nitrogen and oxygen atoms in total. The summed E-state index contributed by atoms with van der Waals surface area (Å²) in [6.07, 6.45) is 1.45. The SMILES string of the molecule is COc1cc(-c2cnn(C)c2N)c(F)cc1OC(C)C. The third-order valence-electron chi connectivity index (χ3n) is 2.89. The number of ether oxygens (including phenoxy) is 2. The molecule has 0 fully saturated rings. The van der Waals surface area contributed by atoms with Crippen molar-refractivity contribution in [1.82, 2.24) is 9.78 Å². The molecule has 0 radical (unpaired) electrons. The Labute approximate surface area is 117 Å². The molecule has 0 amide bonds. The highest BCUT2D eigenvalue weighted by Crippen LogP contribution is 2.37. The number of nitrogens with zero attached hydrogens (tertiary/aromatic N) is 2.